The van der Waals surface area contributed by atoms with Crippen LogP contribution >= 0.6 is 22.7 Å². The molecule has 0 radical (unpaired) electrons. The molecule has 0 spiro atoms. The molecule has 5 heteroatoms. The molecule has 0 saturated carbocycles. The van der Waals surface area contributed by atoms with Crippen LogP contribution in [-0.4, -0.2) is 14.5 Å². The lowest BCUT2D eigenvalue weighted by Gasteiger charge is -2.12. The number of nitrogens with zero attached hydrogens (tertiary/aromatic N) is 3. The summed E-state index contributed by atoms with van der Waals surface area (Å²) in [7, 11) is 0. The standard InChI is InChI=1S/C38H23N3S2/c1-3-11-24(12-4-1)25-19-21-27(22-20-25)31-23-30(26-13-5-2-6-14-26)39-38(40-31)41-34-28-15-7-9-17-32(28)42-36(34)37-35(41)29-16-8-10-18-33(29)43-37/h1-23H. The summed E-state index contributed by atoms with van der Waals surface area (Å²) >= 11 is 3.71. The van der Waals surface area contributed by atoms with Gasteiger partial charge in [0.15, 0.2) is 0 Å². The van der Waals surface area contributed by atoms with Gasteiger partial charge >= 0.3 is 0 Å². The lowest BCUT2D eigenvalue weighted by Crippen LogP contribution is -2.04. The fraction of sp³-hybridized carbons (Fsp3) is 0. The first kappa shape index (κ1) is 24.5. The van der Waals surface area contributed by atoms with Gasteiger partial charge < -0.3 is 0 Å². The molecule has 0 fully saturated rings. The first-order valence-corrected chi connectivity index (χ1v) is 15.9. The lowest BCUT2D eigenvalue weighted by molar-refractivity contribution is 1.00. The molecule has 0 aliphatic heterocycles. The molecule has 0 aliphatic rings. The fourth-order valence-electron chi connectivity index (χ4n) is 6.03. The predicted octanol–water partition coefficient (Wildman–Crippen LogP) is 11.0. The first-order chi connectivity index (χ1) is 21.3. The van der Waals surface area contributed by atoms with Crippen molar-refractivity contribution in [3.05, 3.63) is 140 Å². The van der Waals surface area contributed by atoms with Crippen LogP contribution in [0.4, 0.5) is 0 Å². The van der Waals surface area contributed by atoms with Crippen molar-refractivity contribution in [2.45, 2.75) is 0 Å². The van der Waals surface area contributed by atoms with E-state index < -0.39 is 0 Å². The van der Waals surface area contributed by atoms with Gasteiger partial charge in [0.2, 0.25) is 5.95 Å². The highest BCUT2D eigenvalue weighted by atomic mass is 32.1. The van der Waals surface area contributed by atoms with Gasteiger partial charge in [0.1, 0.15) is 0 Å². The number of hydrogen-bond acceptors (Lipinski definition) is 4. The fourth-order valence-corrected chi connectivity index (χ4v) is 8.54. The number of fused-ring (bicyclic) bond motifs is 7. The maximum atomic E-state index is 5.31. The van der Waals surface area contributed by atoms with Crippen LogP contribution in [0.1, 0.15) is 0 Å². The molecule has 0 aliphatic carbocycles. The van der Waals surface area contributed by atoms with Crippen molar-refractivity contribution in [3.8, 4) is 39.6 Å². The molecule has 9 aromatic rings. The second-order valence-corrected chi connectivity index (χ2v) is 12.7. The van der Waals surface area contributed by atoms with Crippen LogP contribution in [0.5, 0.6) is 0 Å². The van der Waals surface area contributed by atoms with Crippen molar-refractivity contribution in [2.24, 2.45) is 0 Å². The molecule has 43 heavy (non-hydrogen) atoms. The molecule has 0 bridgehead atoms. The third-order valence-corrected chi connectivity index (χ3v) is 10.5. The molecule has 0 amide bonds. The van der Waals surface area contributed by atoms with E-state index in [4.69, 9.17) is 9.97 Å². The zero-order chi connectivity index (χ0) is 28.3. The van der Waals surface area contributed by atoms with Crippen LogP contribution < -0.4 is 0 Å². The molecule has 9 rings (SSSR count). The maximum Gasteiger partial charge on any atom is 0.235 e. The topological polar surface area (TPSA) is 30.7 Å². The Hall–Kier alpha value is -5.10. The largest absolute Gasteiger partial charge is 0.275 e. The Morgan fingerprint density at radius 1 is 0.419 bits per heavy atom. The van der Waals surface area contributed by atoms with Crippen molar-refractivity contribution >= 4 is 63.3 Å². The van der Waals surface area contributed by atoms with Crippen LogP contribution in [0.3, 0.4) is 0 Å². The van der Waals surface area contributed by atoms with E-state index in [1.165, 1.54) is 51.7 Å². The van der Waals surface area contributed by atoms with Gasteiger partial charge in [-0.25, -0.2) is 9.97 Å². The number of hydrogen-bond donors (Lipinski definition) is 0. The van der Waals surface area contributed by atoms with Crippen LogP contribution in [0.2, 0.25) is 0 Å². The summed E-state index contributed by atoms with van der Waals surface area (Å²) in [5, 5.41) is 2.47. The van der Waals surface area contributed by atoms with Gasteiger partial charge in [0.25, 0.3) is 0 Å². The van der Waals surface area contributed by atoms with E-state index in [0.717, 1.165) is 22.5 Å². The molecular formula is C38H23N3S2. The Morgan fingerprint density at radius 3 is 1.40 bits per heavy atom. The van der Waals surface area contributed by atoms with Crippen LogP contribution in [0, 0.1) is 0 Å². The van der Waals surface area contributed by atoms with E-state index in [1.54, 1.807) is 0 Å². The van der Waals surface area contributed by atoms with E-state index in [2.05, 4.69) is 132 Å². The zero-order valence-corrected chi connectivity index (χ0v) is 24.6. The summed E-state index contributed by atoms with van der Waals surface area (Å²) in [5.41, 5.74) is 8.69. The van der Waals surface area contributed by atoms with E-state index in [0.29, 0.717) is 5.95 Å². The van der Waals surface area contributed by atoms with Gasteiger partial charge in [-0.1, -0.05) is 121 Å². The van der Waals surface area contributed by atoms with Crippen molar-refractivity contribution in [1.29, 1.82) is 0 Å². The van der Waals surface area contributed by atoms with Crippen LogP contribution in [-0.2, 0) is 0 Å². The van der Waals surface area contributed by atoms with Crippen molar-refractivity contribution < 1.29 is 0 Å². The third kappa shape index (κ3) is 3.93. The highest BCUT2D eigenvalue weighted by Crippen LogP contribution is 2.47. The third-order valence-electron chi connectivity index (χ3n) is 8.06. The van der Waals surface area contributed by atoms with Gasteiger partial charge in [0.05, 0.1) is 31.8 Å². The summed E-state index contributed by atoms with van der Waals surface area (Å²) in [4.78, 5) is 10.6. The monoisotopic (exact) mass is 585 g/mol. The van der Waals surface area contributed by atoms with Gasteiger partial charge in [-0.05, 0) is 29.3 Å². The van der Waals surface area contributed by atoms with E-state index in [-0.39, 0.29) is 0 Å². The Morgan fingerprint density at radius 2 is 0.837 bits per heavy atom. The average molecular weight is 586 g/mol. The minimum atomic E-state index is 0.690. The SMILES string of the molecule is c1ccc(-c2ccc(-c3cc(-c4ccccc4)nc(-n4c5c6ccccc6sc5c5sc6ccccc6c54)n3)cc2)cc1. The number of rotatable bonds is 4. The minimum absolute atomic E-state index is 0.690. The van der Waals surface area contributed by atoms with Gasteiger partial charge in [0, 0.05) is 31.3 Å². The molecule has 4 aromatic heterocycles. The zero-order valence-electron chi connectivity index (χ0n) is 22.9. The highest BCUT2D eigenvalue weighted by Gasteiger charge is 2.24. The van der Waals surface area contributed by atoms with Crippen LogP contribution in [0.25, 0.3) is 80.2 Å². The van der Waals surface area contributed by atoms with Gasteiger partial charge in [-0.2, -0.15) is 0 Å². The van der Waals surface area contributed by atoms with Crippen molar-refractivity contribution in [2.75, 3.05) is 0 Å². The van der Waals surface area contributed by atoms with Gasteiger partial charge in [-0.15, -0.1) is 22.7 Å². The Balaban J connectivity index is 1.34. The number of aromatic nitrogens is 3. The van der Waals surface area contributed by atoms with Crippen molar-refractivity contribution in [3.63, 3.8) is 0 Å². The smallest absolute Gasteiger partial charge is 0.235 e. The van der Waals surface area contributed by atoms with Crippen LogP contribution in [0.15, 0.2) is 140 Å². The Bertz CT molecular complexity index is 2350. The molecule has 202 valence electrons. The number of thiophene rings is 2. The Labute approximate surface area is 256 Å². The summed E-state index contributed by atoms with van der Waals surface area (Å²) in [5.74, 6) is 0.690. The quantitative estimate of drug-likeness (QED) is 0.206. The summed E-state index contributed by atoms with van der Waals surface area (Å²) in [6, 6.07) is 49.1. The number of benzene rings is 5. The second-order valence-electron chi connectivity index (χ2n) is 10.6. The predicted molar refractivity (Wildman–Crippen MR) is 183 cm³/mol. The molecule has 5 aromatic carbocycles. The summed E-state index contributed by atoms with van der Waals surface area (Å²) in [6.45, 7) is 0. The molecule has 0 N–H and O–H groups in total. The molecule has 0 unspecified atom stereocenters. The lowest BCUT2D eigenvalue weighted by atomic mass is 10.0. The molecule has 4 heterocycles. The normalized spacial score (nSPS) is 11.7. The van der Waals surface area contributed by atoms with Gasteiger partial charge in [-0.3, -0.25) is 4.57 Å². The summed E-state index contributed by atoms with van der Waals surface area (Å²) < 4.78 is 7.45. The maximum absolute atomic E-state index is 5.31. The minimum Gasteiger partial charge on any atom is -0.275 e. The average Bonchev–Trinajstić information content (AvgIpc) is 3.74. The van der Waals surface area contributed by atoms with Crippen molar-refractivity contribution in [1.82, 2.24) is 14.5 Å². The first-order valence-electron chi connectivity index (χ1n) is 14.3. The van der Waals surface area contributed by atoms with E-state index >= 15 is 0 Å². The second kappa shape index (κ2) is 9.73. The van der Waals surface area contributed by atoms with E-state index in [1.807, 2.05) is 34.8 Å². The molecule has 3 nitrogen and oxygen atoms in total. The molecular weight excluding hydrogens is 563 g/mol. The molecule has 0 atom stereocenters. The summed E-state index contributed by atoms with van der Waals surface area (Å²) in [6.07, 6.45) is 0. The highest BCUT2D eigenvalue weighted by molar-refractivity contribution is 7.33. The Kier molecular flexibility index (Phi) is 5.54. The molecule has 0 saturated heterocycles. The van der Waals surface area contributed by atoms with E-state index in [9.17, 15) is 0 Å².